The monoisotopic (exact) mass is 213 g/mol. The van der Waals surface area contributed by atoms with Gasteiger partial charge in [-0.1, -0.05) is 13.3 Å². The first-order valence-electron chi connectivity index (χ1n) is 4.95. The Morgan fingerprint density at radius 1 is 1.33 bits per heavy atom. The number of carbonyl (C=O) groups is 2. The van der Waals surface area contributed by atoms with E-state index in [4.69, 9.17) is 5.11 Å². The van der Waals surface area contributed by atoms with E-state index in [2.05, 4.69) is 15.6 Å². The summed E-state index contributed by atoms with van der Waals surface area (Å²) in [4.78, 5) is 25.6. The van der Waals surface area contributed by atoms with Crippen LogP contribution in [0, 0.1) is 5.92 Å². The molecule has 0 bridgehead atoms. The molecule has 0 spiro atoms. The zero-order valence-electron chi connectivity index (χ0n) is 8.62. The number of carbonyl (C=O) groups excluding carboxylic acids is 2. The lowest BCUT2D eigenvalue weighted by atomic mass is 10.0. The number of nitrogens with zero attached hydrogens (tertiary/aromatic N) is 1. The van der Waals surface area contributed by atoms with E-state index >= 15 is 0 Å². The first kappa shape index (κ1) is 11.6. The molecular weight excluding hydrogens is 198 g/mol. The van der Waals surface area contributed by atoms with E-state index in [1.54, 1.807) is 0 Å². The number of aliphatic hydroxyl groups is 1. The molecule has 0 aromatic rings. The maximum absolute atomic E-state index is 10.8. The molecule has 0 aliphatic carbocycles. The van der Waals surface area contributed by atoms with E-state index in [1.807, 2.05) is 6.92 Å². The number of aliphatic hydroxyl groups excluding tert-OH is 1. The van der Waals surface area contributed by atoms with Crippen molar-refractivity contribution in [3.63, 3.8) is 0 Å². The molecule has 1 atom stereocenters. The summed E-state index contributed by atoms with van der Waals surface area (Å²) in [7, 11) is 0. The van der Waals surface area contributed by atoms with Crippen LogP contribution in [0.4, 0.5) is 0 Å². The van der Waals surface area contributed by atoms with Gasteiger partial charge in [0.1, 0.15) is 0 Å². The van der Waals surface area contributed by atoms with Crippen LogP contribution in [0.15, 0.2) is 4.99 Å². The molecule has 0 aromatic carbocycles. The van der Waals surface area contributed by atoms with Crippen LogP contribution in [0.5, 0.6) is 0 Å². The first-order chi connectivity index (χ1) is 7.17. The van der Waals surface area contributed by atoms with E-state index < -0.39 is 11.8 Å². The van der Waals surface area contributed by atoms with E-state index in [-0.39, 0.29) is 18.5 Å². The molecule has 1 fully saturated rings. The van der Waals surface area contributed by atoms with E-state index in [0.29, 0.717) is 13.0 Å². The number of aliphatic imine (C=N–C) groups is 1. The molecule has 6 nitrogen and oxygen atoms in total. The highest BCUT2D eigenvalue weighted by Crippen LogP contribution is 2.07. The Labute approximate surface area is 87.8 Å². The van der Waals surface area contributed by atoms with E-state index in [1.165, 1.54) is 0 Å². The standard InChI is InChI=1S/C9H15N3O3/c1-2-6(3-4-13)5-10-9-11-7(14)8(15)12-9/h6,13H,2-5H2,1H3,(H2,10,11,12,14,15). The molecule has 15 heavy (non-hydrogen) atoms. The quantitative estimate of drug-likeness (QED) is 0.511. The predicted octanol–water partition coefficient (Wildman–Crippen LogP) is -1.00. The molecule has 2 amide bonds. The average Bonchev–Trinajstić information content (AvgIpc) is 2.53. The molecule has 0 saturated carbocycles. The highest BCUT2D eigenvalue weighted by atomic mass is 16.3. The van der Waals surface area contributed by atoms with Crippen LogP contribution in [-0.4, -0.2) is 36.0 Å². The minimum Gasteiger partial charge on any atom is -0.396 e. The summed E-state index contributed by atoms with van der Waals surface area (Å²) >= 11 is 0. The van der Waals surface area contributed by atoms with Crippen LogP contribution >= 0.6 is 0 Å². The summed E-state index contributed by atoms with van der Waals surface area (Å²) in [6, 6.07) is 0. The smallest absolute Gasteiger partial charge is 0.316 e. The van der Waals surface area contributed by atoms with Crippen molar-refractivity contribution >= 4 is 17.8 Å². The third kappa shape index (κ3) is 3.32. The van der Waals surface area contributed by atoms with Crippen LogP contribution in [0.3, 0.4) is 0 Å². The van der Waals surface area contributed by atoms with Crippen molar-refractivity contribution in [2.75, 3.05) is 13.2 Å². The second-order valence-corrected chi connectivity index (χ2v) is 3.38. The highest BCUT2D eigenvalue weighted by molar-refractivity contribution is 6.45. The molecule has 1 heterocycles. The molecular formula is C9H15N3O3. The third-order valence-corrected chi connectivity index (χ3v) is 2.29. The van der Waals surface area contributed by atoms with Crippen molar-refractivity contribution < 1.29 is 14.7 Å². The maximum Gasteiger partial charge on any atom is 0.316 e. The van der Waals surface area contributed by atoms with Gasteiger partial charge in [-0.2, -0.15) is 0 Å². The second-order valence-electron chi connectivity index (χ2n) is 3.38. The third-order valence-electron chi connectivity index (χ3n) is 2.29. The summed E-state index contributed by atoms with van der Waals surface area (Å²) in [6.45, 7) is 2.63. The van der Waals surface area contributed by atoms with E-state index in [9.17, 15) is 9.59 Å². The van der Waals surface area contributed by atoms with Gasteiger partial charge in [0.15, 0.2) is 0 Å². The molecule has 1 rings (SSSR count). The number of rotatable bonds is 5. The van der Waals surface area contributed by atoms with Gasteiger partial charge in [-0.15, -0.1) is 0 Å². The van der Waals surface area contributed by atoms with Crippen molar-refractivity contribution in [3.05, 3.63) is 0 Å². The number of amides is 2. The fourth-order valence-electron chi connectivity index (χ4n) is 1.27. The van der Waals surface area contributed by atoms with Gasteiger partial charge < -0.3 is 5.11 Å². The first-order valence-corrected chi connectivity index (χ1v) is 4.95. The van der Waals surface area contributed by atoms with Crippen molar-refractivity contribution in [1.29, 1.82) is 0 Å². The Kier molecular flexibility index (Phi) is 4.23. The Balaban J connectivity index is 2.43. The number of guanidine groups is 1. The largest absolute Gasteiger partial charge is 0.396 e. The zero-order valence-corrected chi connectivity index (χ0v) is 8.62. The normalized spacial score (nSPS) is 17.3. The molecule has 0 aromatic heterocycles. The van der Waals surface area contributed by atoms with Crippen LogP contribution in [-0.2, 0) is 9.59 Å². The van der Waals surface area contributed by atoms with Crippen molar-refractivity contribution in [3.8, 4) is 0 Å². The molecule has 1 unspecified atom stereocenters. The average molecular weight is 213 g/mol. The number of hydrogen-bond acceptors (Lipinski definition) is 4. The summed E-state index contributed by atoms with van der Waals surface area (Å²) in [5.74, 6) is -0.869. The Bertz CT molecular complexity index is 270. The van der Waals surface area contributed by atoms with Crippen molar-refractivity contribution in [1.82, 2.24) is 10.6 Å². The van der Waals surface area contributed by atoms with Gasteiger partial charge in [0, 0.05) is 13.2 Å². The van der Waals surface area contributed by atoms with Crippen molar-refractivity contribution in [2.24, 2.45) is 10.9 Å². The minimum absolute atomic E-state index is 0.127. The fraction of sp³-hybridized carbons (Fsp3) is 0.667. The van der Waals surface area contributed by atoms with Gasteiger partial charge in [-0.25, -0.2) is 0 Å². The highest BCUT2D eigenvalue weighted by Gasteiger charge is 2.25. The predicted molar refractivity (Wildman–Crippen MR) is 54.1 cm³/mol. The zero-order chi connectivity index (χ0) is 11.3. The molecule has 3 N–H and O–H groups in total. The summed E-state index contributed by atoms with van der Waals surface area (Å²) in [5.41, 5.74) is 0. The van der Waals surface area contributed by atoms with E-state index in [0.717, 1.165) is 6.42 Å². The van der Waals surface area contributed by atoms with Gasteiger partial charge in [-0.05, 0) is 12.3 Å². The molecule has 1 saturated heterocycles. The SMILES string of the molecule is CCC(CCO)CN=C1NC(=O)C(=O)N1. The van der Waals surface area contributed by atoms with Gasteiger partial charge in [-0.3, -0.25) is 25.2 Å². The number of nitrogens with one attached hydrogen (secondary N) is 2. The molecule has 0 radical (unpaired) electrons. The maximum atomic E-state index is 10.8. The lowest BCUT2D eigenvalue weighted by Gasteiger charge is -2.09. The summed E-state index contributed by atoms with van der Waals surface area (Å²) < 4.78 is 0. The Morgan fingerprint density at radius 2 is 1.93 bits per heavy atom. The fourth-order valence-corrected chi connectivity index (χ4v) is 1.27. The molecule has 84 valence electrons. The van der Waals surface area contributed by atoms with Crippen LogP contribution < -0.4 is 10.6 Å². The topological polar surface area (TPSA) is 90.8 Å². The van der Waals surface area contributed by atoms with Gasteiger partial charge in [0.25, 0.3) is 0 Å². The number of hydrogen-bond donors (Lipinski definition) is 3. The Hall–Kier alpha value is -1.43. The molecule has 1 aliphatic rings. The molecule has 1 aliphatic heterocycles. The summed E-state index contributed by atoms with van der Waals surface area (Å²) in [5, 5.41) is 13.4. The second kappa shape index (κ2) is 5.45. The van der Waals surface area contributed by atoms with Crippen LogP contribution in [0.2, 0.25) is 0 Å². The van der Waals surface area contributed by atoms with Gasteiger partial charge in [0.05, 0.1) is 0 Å². The van der Waals surface area contributed by atoms with Crippen molar-refractivity contribution in [2.45, 2.75) is 19.8 Å². The lowest BCUT2D eigenvalue weighted by Crippen LogP contribution is -2.26. The molecule has 6 heteroatoms. The van der Waals surface area contributed by atoms with Gasteiger partial charge >= 0.3 is 11.8 Å². The van der Waals surface area contributed by atoms with Crippen LogP contribution in [0.1, 0.15) is 19.8 Å². The Morgan fingerprint density at radius 3 is 2.40 bits per heavy atom. The summed E-state index contributed by atoms with van der Waals surface area (Å²) in [6.07, 6.45) is 1.58. The minimum atomic E-state index is -0.677. The lowest BCUT2D eigenvalue weighted by molar-refractivity contribution is -0.135. The van der Waals surface area contributed by atoms with Crippen LogP contribution in [0.25, 0.3) is 0 Å². The van der Waals surface area contributed by atoms with Gasteiger partial charge in [0.2, 0.25) is 5.96 Å².